The number of hydrogen-bond acceptors (Lipinski definition) is 2. The molecule has 0 bridgehead atoms. The Morgan fingerprint density at radius 3 is 1.25 bits per heavy atom. The highest BCUT2D eigenvalue weighted by atomic mass is 15.1. The van der Waals surface area contributed by atoms with E-state index in [1.807, 2.05) is 0 Å². The third kappa shape index (κ3) is 6.10. The molecule has 13 aromatic carbocycles. The van der Waals surface area contributed by atoms with Crippen LogP contribution in [0.4, 0.5) is 0 Å². The van der Waals surface area contributed by atoms with Crippen molar-refractivity contribution < 1.29 is 0 Å². The molecule has 15 aromatic rings. The van der Waals surface area contributed by atoms with Crippen molar-refractivity contribution in [3.05, 3.63) is 249 Å². The van der Waals surface area contributed by atoms with Gasteiger partial charge in [-0.15, -0.1) is 0 Å². The fourth-order valence-electron chi connectivity index (χ4n) is 11.7. The predicted octanol–water partition coefficient (Wildman–Crippen LogP) is 18.3. The highest BCUT2D eigenvalue weighted by molar-refractivity contribution is 6.27. The number of para-hydroxylation sites is 1. The smallest absolute Gasteiger partial charge is 0.145 e. The molecule has 3 nitrogen and oxygen atoms in total. The second-order valence-corrected chi connectivity index (χ2v) is 18.8. The molecule has 0 aliphatic heterocycles. The molecule has 0 aliphatic rings. The normalized spacial score (nSPS) is 11.9. The summed E-state index contributed by atoms with van der Waals surface area (Å²) in [5.74, 6) is 0.915. The number of pyridine rings is 1. The van der Waals surface area contributed by atoms with Crippen molar-refractivity contribution in [2.75, 3.05) is 0 Å². The highest BCUT2D eigenvalue weighted by Crippen LogP contribution is 2.45. The van der Waals surface area contributed by atoms with E-state index in [1.165, 1.54) is 64.6 Å². The quantitative estimate of drug-likeness (QED) is 0.161. The van der Waals surface area contributed by atoms with Gasteiger partial charge in [0.15, 0.2) is 0 Å². The fraction of sp³-hybridized carbons (Fsp3) is 0. The first-order valence-electron chi connectivity index (χ1n) is 24.4. The molecule has 0 saturated carbocycles. The maximum Gasteiger partial charge on any atom is 0.145 e. The van der Waals surface area contributed by atoms with E-state index in [2.05, 4.69) is 253 Å². The first-order chi connectivity index (χ1) is 35.2. The Labute approximate surface area is 409 Å². The van der Waals surface area contributed by atoms with Gasteiger partial charge in [0.05, 0.1) is 22.2 Å². The lowest BCUT2D eigenvalue weighted by molar-refractivity contribution is 1.10. The van der Waals surface area contributed by atoms with Gasteiger partial charge >= 0.3 is 0 Å². The average molecular weight is 900 g/mol. The standard InChI is InChI=1S/C68H41N3/c1-3-17-42(18-4-1)68-70-65-39-44(33-36-66(65)71(68)46-19-5-2-6-20-46)59-40-63-60(43-31-34-56-51-25-9-7-21-47(51)49-23-11-13-27-53(49)61(56)37-43)41-64(69-67(63)58-30-16-15-29-55(58)59)45-32-35-57-52-26-10-8-22-48(52)50-24-12-14-28-54(50)62(57)38-45/h1-41H. The van der Waals surface area contributed by atoms with Gasteiger partial charge in [-0.1, -0.05) is 200 Å². The highest BCUT2D eigenvalue weighted by Gasteiger charge is 2.21. The number of rotatable bonds is 5. The Balaban J connectivity index is 1.01. The van der Waals surface area contributed by atoms with Crippen LogP contribution in [0.15, 0.2) is 249 Å². The Hall–Kier alpha value is -9.44. The Kier molecular flexibility index (Phi) is 8.66. The number of hydrogen-bond donors (Lipinski definition) is 0. The SMILES string of the molecule is c1ccc(-c2nc3cc(-c4cc5c(-c6ccc7c8ccccc8c8ccccc8c7c6)cc(-c6ccc7c8ccccc8c8ccccc8c7c6)nc5c5ccccc45)ccc3n2-c2ccccc2)cc1. The fourth-order valence-corrected chi connectivity index (χ4v) is 11.7. The van der Waals surface area contributed by atoms with E-state index < -0.39 is 0 Å². The molecule has 15 rings (SSSR count). The third-order valence-electron chi connectivity index (χ3n) is 14.9. The molecule has 2 aromatic heterocycles. The zero-order valence-electron chi connectivity index (χ0n) is 38.5. The molecule has 0 radical (unpaired) electrons. The van der Waals surface area contributed by atoms with Crippen molar-refractivity contribution in [3.63, 3.8) is 0 Å². The minimum Gasteiger partial charge on any atom is -0.292 e. The molecule has 3 heteroatoms. The summed E-state index contributed by atoms with van der Waals surface area (Å²) in [4.78, 5) is 11.1. The average Bonchev–Trinajstić information content (AvgIpc) is 3.84. The van der Waals surface area contributed by atoms with Gasteiger partial charge in [0.25, 0.3) is 0 Å². The van der Waals surface area contributed by atoms with E-state index in [9.17, 15) is 0 Å². The third-order valence-corrected chi connectivity index (χ3v) is 14.9. The summed E-state index contributed by atoms with van der Waals surface area (Å²) >= 11 is 0. The number of imidazole rings is 1. The van der Waals surface area contributed by atoms with E-state index in [1.54, 1.807) is 0 Å². The second kappa shape index (κ2) is 15.5. The largest absolute Gasteiger partial charge is 0.292 e. The van der Waals surface area contributed by atoms with Crippen LogP contribution in [0.3, 0.4) is 0 Å². The van der Waals surface area contributed by atoms with Crippen LogP contribution >= 0.6 is 0 Å². The summed E-state index contributed by atoms with van der Waals surface area (Å²) < 4.78 is 2.28. The zero-order chi connectivity index (χ0) is 46.6. The Bertz CT molecular complexity index is 4610. The Morgan fingerprint density at radius 1 is 0.254 bits per heavy atom. The molecule has 0 N–H and O–H groups in total. The number of benzene rings is 13. The molecule has 0 fully saturated rings. The minimum atomic E-state index is 0.915. The van der Waals surface area contributed by atoms with Crippen LogP contribution in [-0.4, -0.2) is 14.5 Å². The molecule has 0 aliphatic carbocycles. The van der Waals surface area contributed by atoms with Crippen LogP contribution in [-0.2, 0) is 0 Å². The van der Waals surface area contributed by atoms with Gasteiger partial charge in [-0.25, -0.2) is 9.97 Å². The molecule has 0 saturated heterocycles. The molecule has 0 atom stereocenters. The van der Waals surface area contributed by atoms with Crippen molar-refractivity contribution in [1.29, 1.82) is 0 Å². The second-order valence-electron chi connectivity index (χ2n) is 18.8. The predicted molar refractivity (Wildman–Crippen MR) is 301 cm³/mol. The summed E-state index contributed by atoms with van der Waals surface area (Å²) in [6.07, 6.45) is 0. The molecule has 0 amide bonds. The van der Waals surface area contributed by atoms with Crippen molar-refractivity contribution in [2.24, 2.45) is 0 Å². The van der Waals surface area contributed by atoms with Crippen molar-refractivity contribution in [1.82, 2.24) is 14.5 Å². The van der Waals surface area contributed by atoms with Crippen molar-refractivity contribution >= 4 is 97.3 Å². The topological polar surface area (TPSA) is 30.7 Å². The van der Waals surface area contributed by atoms with Crippen molar-refractivity contribution in [3.8, 4) is 50.6 Å². The van der Waals surface area contributed by atoms with E-state index in [4.69, 9.17) is 9.97 Å². The molecule has 0 spiro atoms. The minimum absolute atomic E-state index is 0.915. The van der Waals surface area contributed by atoms with E-state index in [0.717, 1.165) is 83.3 Å². The molecule has 71 heavy (non-hydrogen) atoms. The van der Waals surface area contributed by atoms with Gasteiger partial charge in [0.1, 0.15) is 5.82 Å². The number of fused-ring (bicyclic) bond motifs is 16. The maximum absolute atomic E-state index is 5.71. The van der Waals surface area contributed by atoms with Crippen molar-refractivity contribution in [2.45, 2.75) is 0 Å². The monoisotopic (exact) mass is 899 g/mol. The van der Waals surface area contributed by atoms with Crippen LogP contribution in [0.2, 0.25) is 0 Å². The molecular weight excluding hydrogens is 859 g/mol. The van der Waals surface area contributed by atoms with E-state index >= 15 is 0 Å². The maximum atomic E-state index is 5.71. The van der Waals surface area contributed by atoms with Crippen LogP contribution in [0, 0.1) is 0 Å². The summed E-state index contributed by atoms with van der Waals surface area (Å²) in [6, 6.07) is 90.6. The summed E-state index contributed by atoms with van der Waals surface area (Å²) in [6.45, 7) is 0. The zero-order valence-corrected chi connectivity index (χ0v) is 38.5. The lowest BCUT2D eigenvalue weighted by Crippen LogP contribution is -1.97. The lowest BCUT2D eigenvalue weighted by Gasteiger charge is -2.17. The molecule has 2 heterocycles. The van der Waals surface area contributed by atoms with E-state index in [0.29, 0.717) is 0 Å². The van der Waals surface area contributed by atoms with E-state index in [-0.39, 0.29) is 0 Å². The molecule has 0 unspecified atom stereocenters. The summed E-state index contributed by atoms with van der Waals surface area (Å²) in [5.41, 5.74) is 11.7. The lowest BCUT2D eigenvalue weighted by atomic mass is 9.88. The van der Waals surface area contributed by atoms with Crippen LogP contribution in [0.25, 0.3) is 148 Å². The van der Waals surface area contributed by atoms with Gasteiger partial charge in [-0.05, 0) is 141 Å². The molecule has 328 valence electrons. The van der Waals surface area contributed by atoms with Gasteiger partial charge in [-0.2, -0.15) is 0 Å². The van der Waals surface area contributed by atoms with Gasteiger partial charge in [-0.3, -0.25) is 4.57 Å². The first kappa shape index (κ1) is 39.5. The van der Waals surface area contributed by atoms with Gasteiger partial charge < -0.3 is 0 Å². The van der Waals surface area contributed by atoms with Crippen LogP contribution < -0.4 is 0 Å². The summed E-state index contributed by atoms with van der Waals surface area (Å²) in [5, 5.41) is 18.4. The van der Waals surface area contributed by atoms with Crippen LogP contribution in [0.5, 0.6) is 0 Å². The summed E-state index contributed by atoms with van der Waals surface area (Å²) in [7, 11) is 0. The van der Waals surface area contributed by atoms with Gasteiger partial charge in [0, 0.05) is 27.6 Å². The van der Waals surface area contributed by atoms with Gasteiger partial charge in [0.2, 0.25) is 0 Å². The Morgan fingerprint density at radius 2 is 0.676 bits per heavy atom. The number of nitrogens with zero attached hydrogens (tertiary/aromatic N) is 3. The first-order valence-corrected chi connectivity index (χ1v) is 24.4. The molecular formula is C68H41N3. The van der Waals surface area contributed by atoms with Crippen LogP contribution in [0.1, 0.15) is 0 Å². The number of aromatic nitrogens is 3.